The molecule has 0 aromatic heterocycles. The number of piperidine rings is 1. The molecule has 4 rings (SSSR count). The van der Waals surface area contributed by atoms with Gasteiger partial charge in [0.25, 0.3) is 5.91 Å². The van der Waals surface area contributed by atoms with Crippen molar-refractivity contribution in [3.63, 3.8) is 0 Å². The van der Waals surface area contributed by atoms with Gasteiger partial charge in [-0.3, -0.25) is 9.69 Å². The number of likely N-dealkylation sites (tertiary alicyclic amines) is 1. The van der Waals surface area contributed by atoms with Gasteiger partial charge >= 0.3 is 0 Å². The highest BCUT2D eigenvalue weighted by Crippen LogP contribution is 2.34. The van der Waals surface area contributed by atoms with E-state index in [1.165, 1.54) is 16.7 Å². The highest BCUT2D eigenvalue weighted by molar-refractivity contribution is 5.95. The van der Waals surface area contributed by atoms with Gasteiger partial charge in [0.1, 0.15) is 5.75 Å². The van der Waals surface area contributed by atoms with E-state index in [0.717, 1.165) is 43.6 Å². The third kappa shape index (κ3) is 5.57. The van der Waals surface area contributed by atoms with E-state index in [1.54, 1.807) is 6.07 Å². The monoisotopic (exact) mass is 454 g/mol. The van der Waals surface area contributed by atoms with Crippen molar-refractivity contribution in [2.24, 2.45) is 0 Å². The van der Waals surface area contributed by atoms with Crippen LogP contribution in [0, 0.1) is 0 Å². The van der Waals surface area contributed by atoms with Crippen molar-refractivity contribution in [3.8, 4) is 5.75 Å². The summed E-state index contributed by atoms with van der Waals surface area (Å²) >= 11 is 0. The Hall–Kier alpha value is -3.37. The molecule has 0 atom stereocenters. The fourth-order valence-corrected chi connectivity index (χ4v) is 4.78. The van der Waals surface area contributed by atoms with Crippen LogP contribution < -0.4 is 0 Å². The van der Waals surface area contributed by atoms with Crippen molar-refractivity contribution < 1.29 is 9.90 Å². The van der Waals surface area contributed by atoms with Crippen LogP contribution in [0.5, 0.6) is 5.75 Å². The summed E-state index contributed by atoms with van der Waals surface area (Å²) in [6.07, 6.45) is 1.97. The van der Waals surface area contributed by atoms with Crippen LogP contribution in [0.25, 0.3) is 5.57 Å². The zero-order chi connectivity index (χ0) is 23.9. The number of carbonyl (C=O) groups excluding carboxylic acids is 1. The normalized spacial score (nSPS) is 14.1. The first kappa shape index (κ1) is 23.8. The molecule has 0 aliphatic carbocycles. The van der Waals surface area contributed by atoms with Gasteiger partial charge in [-0.2, -0.15) is 0 Å². The summed E-state index contributed by atoms with van der Waals surface area (Å²) in [5.74, 6) is 0.336. The molecule has 1 N–H and O–H groups in total. The lowest BCUT2D eigenvalue weighted by atomic mass is 9.88. The van der Waals surface area contributed by atoms with Gasteiger partial charge in [0.2, 0.25) is 0 Å². The van der Waals surface area contributed by atoms with E-state index >= 15 is 0 Å². The van der Waals surface area contributed by atoms with Crippen molar-refractivity contribution in [2.45, 2.75) is 33.2 Å². The van der Waals surface area contributed by atoms with Crippen molar-refractivity contribution in [2.75, 3.05) is 26.2 Å². The van der Waals surface area contributed by atoms with E-state index in [0.29, 0.717) is 18.7 Å². The molecule has 4 heteroatoms. The molecule has 34 heavy (non-hydrogen) atoms. The molecule has 3 aromatic carbocycles. The number of phenolic OH excluding ortho intramolecular Hbond substituents is 1. The molecule has 0 saturated carbocycles. The molecule has 0 unspecified atom stereocenters. The Labute approximate surface area is 203 Å². The zero-order valence-corrected chi connectivity index (χ0v) is 20.2. The Balaban J connectivity index is 1.61. The molecule has 0 spiro atoms. The highest BCUT2D eigenvalue weighted by atomic mass is 16.3. The number of nitrogens with zero attached hydrogens (tertiary/aromatic N) is 2. The zero-order valence-electron chi connectivity index (χ0n) is 20.2. The maximum atomic E-state index is 12.8. The predicted molar refractivity (Wildman–Crippen MR) is 139 cm³/mol. The largest absolute Gasteiger partial charge is 0.508 e. The number of carbonyl (C=O) groups is 1. The van der Waals surface area contributed by atoms with Crippen molar-refractivity contribution in [1.82, 2.24) is 9.80 Å². The maximum absolute atomic E-state index is 12.8. The summed E-state index contributed by atoms with van der Waals surface area (Å²) in [6.45, 7) is 8.40. The molecular formula is C30H34N2O2. The summed E-state index contributed by atoms with van der Waals surface area (Å²) < 4.78 is 0. The molecule has 1 saturated heterocycles. The van der Waals surface area contributed by atoms with Crippen LogP contribution in [0.2, 0.25) is 0 Å². The number of benzene rings is 3. The van der Waals surface area contributed by atoms with Crippen molar-refractivity contribution >= 4 is 11.5 Å². The first-order chi connectivity index (χ1) is 16.6. The second-order valence-electron chi connectivity index (χ2n) is 8.85. The minimum atomic E-state index is 0.0670. The Kier molecular flexibility index (Phi) is 7.81. The first-order valence-corrected chi connectivity index (χ1v) is 12.3. The van der Waals surface area contributed by atoms with Gasteiger partial charge in [0.15, 0.2) is 0 Å². The van der Waals surface area contributed by atoms with Crippen LogP contribution in [0.3, 0.4) is 0 Å². The SMILES string of the molecule is CCN(CC)C(=O)c1ccc(C(=C2CCN(Cc3ccccc3)CC2)c2cccc(O)c2)cc1. The quantitative estimate of drug-likeness (QED) is 0.478. The van der Waals surface area contributed by atoms with Crippen LogP contribution in [0.4, 0.5) is 0 Å². The summed E-state index contributed by atoms with van der Waals surface area (Å²) in [7, 11) is 0. The number of hydrogen-bond acceptors (Lipinski definition) is 3. The van der Waals surface area contributed by atoms with Crippen LogP contribution in [-0.2, 0) is 6.54 Å². The van der Waals surface area contributed by atoms with Gasteiger partial charge in [-0.05, 0) is 73.2 Å². The van der Waals surface area contributed by atoms with Crippen molar-refractivity contribution in [3.05, 3.63) is 107 Å². The summed E-state index contributed by atoms with van der Waals surface area (Å²) in [4.78, 5) is 17.1. The maximum Gasteiger partial charge on any atom is 0.253 e. The van der Waals surface area contributed by atoms with Gasteiger partial charge in [-0.15, -0.1) is 0 Å². The smallest absolute Gasteiger partial charge is 0.253 e. The third-order valence-electron chi connectivity index (χ3n) is 6.67. The molecule has 1 heterocycles. The lowest BCUT2D eigenvalue weighted by Gasteiger charge is -2.30. The fourth-order valence-electron chi connectivity index (χ4n) is 4.78. The average Bonchev–Trinajstić information content (AvgIpc) is 2.87. The Morgan fingerprint density at radius 1 is 0.824 bits per heavy atom. The third-order valence-corrected chi connectivity index (χ3v) is 6.67. The van der Waals surface area contributed by atoms with Crippen LogP contribution >= 0.6 is 0 Å². The van der Waals surface area contributed by atoms with Crippen molar-refractivity contribution in [1.29, 1.82) is 0 Å². The van der Waals surface area contributed by atoms with E-state index in [2.05, 4.69) is 53.4 Å². The molecule has 1 aliphatic heterocycles. The van der Waals surface area contributed by atoms with Crippen LogP contribution in [0.15, 0.2) is 84.4 Å². The summed E-state index contributed by atoms with van der Waals surface area (Å²) in [5, 5.41) is 10.2. The second kappa shape index (κ2) is 11.2. The number of aromatic hydroxyl groups is 1. The first-order valence-electron chi connectivity index (χ1n) is 12.3. The average molecular weight is 455 g/mol. The molecule has 1 amide bonds. The summed E-state index contributed by atoms with van der Waals surface area (Å²) in [6, 6.07) is 26.1. The Morgan fingerprint density at radius 3 is 2.09 bits per heavy atom. The van der Waals surface area contributed by atoms with E-state index in [-0.39, 0.29) is 11.7 Å². The van der Waals surface area contributed by atoms with E-state index in [4.69, 9.17) is 0 Å². The molecule has 176 valence electrons. The fraction of sp³-hybridized carbons (Fsp3) is 0.300. The molecule has 0 radical (unpaired) electrons. The molecular weight excluding hydrogens is 420 g/mol. The van der Waals surface area contributed by atoms with Crippen LogP contribution in [-0.4, -0.2) is 47.0 Å². The van der Waals surface area contributed by atoms with Crippen LogP contribution in [0.1, 0.15) is 53.7 Å². The van der Waals surface area contributed by atoms with Gasteiger partial charge in [-0.25, -0.2) is 0 Å². The Morgan fingerprint density at radius 2 is 1.47 bits per heavy atom. The van der Waals surface area contributed by atoms with Gasteiger partial charge < -0.3 is 10.0 Å². The molecule has 0 bridgehead atoms. The number of amides is 1. The van der Waals surface area contributed by atoms with E-state index in [9.17, 15) is 9.90 Å². The molecule has 1 fully saturated rings. The lowest BCUT2D eigenvalue weighted by Crippen LogP contribution is -2.30. The number of hydrogen-bond donors (Lipinski definition) is 1. The van der Waals surface area contributed by atoms with E-state index in [1.807, 2.05) is 43.0 Å². The van der Waals surface area contributed by atoms with Gasteiger partial charge in [0, 0.05) is 38.3 Å². The number of rotatable bonds is 7. The molecule has 3 aromatic rings. The van der Waals surface area contributed by atoms with Gasteiger partial charge in [-0.1, -0.05) is 60.2 Å². The topological polar surface area (TPSA) is 43.8 Å². The minimum absolute atomic E-state index is 0.0670. The lowest BCUT2D eigenvalue weighted by molar-refractivity contribution is 0.0773. The molecule has 1 aliphatic rings. The number of phenols is 1. The second-order valence-corrected chi connectivity index (χ2v) is 8.85. The standard InChI is InChI=1S/C30H34N2O2/c1-3-32(4-2)30(34)26-15-13-24(14-16-26)29(27-11-8-12-28(33)21-27)25-17-19-31(20-18-25)22-23-9-6-5-7-10-23/h5-16,21,33H,3-4,17-20,22H2,1-2H3. The minimum Gasteiger partial charge on any atom is -0.508 e. The highest BCUT2D eigenvalue weighted by Gasteiger charge is 2.20. The van der Waals surface area contributed by atoms with E-state index < -0.39 is 0 Å². The Bertz CT molecular complexity index is 1120. The summed E-state index contributed by atoms with van der Waals surface area (Å²) in [5.41, 5.74) is 6.75. The molecule has 4 nitrogen and oxygen atoms in total. The predicted octanol–water partition coefficient (Wildman–Crippen LogP) is 5.97. The van der Waals surface area contributed by atoms with Gasteiger partial charge in [0.05, 0.1) is 0 Å².